The molecule has 1 N–H and O–H groups in total. The van der Waals surface area contributed by atoms with Crippen molar-refractivity contribution in [2.24, 2.45) is 0 Å². The van der Waals surface area contributed by atoms with Crippen molar-refractivity contribution in [1.82, 2.24) is 9.78 Å². The first-order chi connectivity index (χ1) is 5.65. The third kappa shape index (κ3) is 1.79. The lowest BCUT2D eigenvalue weighted by Gasteiger charge is -2.04. The summed E-state index contributed by atoms with van der Waals surface area (Å²) in [5.74, 6) is 0. The first-order valence-corrected chi connectivity index (χ1v) is 3.64. The Kier molecular flexibility index (Phi) is 2.75. The molecule has 0 radical (unpaired) electrons. The second-order valence-corrected chi connectivity index (χ2v) is 2.38. The van der Waals surface area contributed by atoms with Crippen LogP contribution in [0.2, 0.25) is 0 Å². The normalized spacial score (nSPS) is 13.8. The predicted octanol–water partition coefficient (Wildman–Crippen LogP) is 1.20. The Labute approximate surface area is 68.6 Å². The molecule has 0 amide bonds. The van der Waals surface area contributed by atoms with Gasteiger partial charge in [-0.15, -0.1) is 0 Å². The molecule has 1 aromatic rings. The summed E-state index contributed by atoms with van der Waals surface area (Å²) in [4.78, 5) is 0. The van der Waals surface area contributed by atoms with Gasteiger partial charge in [-0.25, -0.2) is 8.78 Å². The highest BCUT2D eigenvalue weighted by Gasteiger charge is 2.21. The zero-order chi connectivity index (χ0) is 9.14. The van der Waals surface area contributed by atoms with Crippen molar-refractivity contribution in [3.05, 3.63) is 18.0 Å². The second-order valence-electron chi connectivity index (χ2n) is 2.38. The van der Waals surface area contributed by atoms with Crippen molar-refractivity contribution < 1.29 is 13.9 Å². The van der Waals surface area contributed by atoms with E-state index in [0.717, 1.165) is 0 Å². The van der Waals surface area contributed by atoms with Crippen LogP contribution in [0.4, 0.5) is 8.78 Å². The van der Waals surface area contributed by atoms with Crippen LogP contribution >= 0.6 is 0 Å². The van der Waals surface area contributed by atoms with Crippen LogP contribution in [-0.2, 0) is 6.54 Å². The van der Waals surface area contributed by atoms with Crippen LogP contribution in [-0.4, -0.2) is 21.3 Å². The molecule has 3 nitrogen and oxygen atoms in total. The third-order valence-corrected chi connectivity index (χ3v) is 1.53. The molecular formula is C7H10F2N2O. The van der Waals surface area contributed by atoms with Crippen LogP contribution in [0.15, 0.2) is 12.3 Å². The molecule has 1 rings (SSSR count). The van der Waals surface area contributed by atoms with E-state index in [4.69, 9.17) is 5.11 Å². The Morgan fingerprint density at radius 1 is 1.67 bits per heavy atom. The van der Waals surface area contributed by atoms with Crippen LogP contribution in [0.1, 0.15) is 18.7 Å². The van der Waals surface area contributed by atoms with Crippen LogP contribution in [0.3, 0.4) is 0 Å². The molecule has 1 heterocycles. The maximum Gasteiger partial charge on any atom is 0.269 e. The van der Waals surface area contributed by atoms with Crippen molar-refractivity contribution in [2.45, 2.75) is 26.0 Å². The summed E-state index contributed by atoms with van der Waals surface area (Å²) in [5, 5.41) is 12.6. The molecule has 0 spiro atoms. The fourth-order valence-electron chi connectivity index (χ4n) is 0.840. The van der Waals surface area contributed by atoms with E-state index in [0.29, 0.717) is 6.54 Å². The average Bonchev–Trinajstić information content (AvgIpc) is 2.50. The van der Waals surface area contributed by atoms with E-state index < -0.39 is 12.5 Å². The van der Waals surface area contributed by atoms with Crippen LogP contribution in [0.25, 0.3) is 0 Å². The Morgan fingerprint density at radius 3 is 2.75 bits per heavy atom. The summed E-state index contributed by atoms with van der Waals surface area (Å²) in [6.45, 7) is 2.45. The lowest BCUT2D eigenvalue weighted by Crippen LogP contribution is -2.09. The molecule has 0 aliphatic carbocycles. The molecule has 0 aromatic carbocycles. The number of halogens is 2. The molecule has 1 atom stereocenters. The summed E-state index contributed by atoms with van der Waals surface area (Å²) < 4.78 is 25.3. The molecule has 12 heavy (non-hydrogen) atoms. The highest BCUT2D eigenvalue weighted by molar-refractivity contribution is 5.03. The Balaban J connectivity index is 2.74. The summed E-state index contributed by atoms with van der Waals surface area (Å²) >= 11 is 0. The SMILES string of the molecule is CCn1ccc(C(O)C(F)F)n1. The van der Waals surface area contributed by atoms with Crippen molar-refractivity contribution in [2.75, 3.05) is 0 Å². The largest absolute Gasteiger partial charge is 0.381 e. The Morgan fingerprint density at radius 2 is 2.33 bits per heavy atom. The van der Waals surface area contributed by atoms with Gasteiger partial charge in [0.05, 0.1) is 5.69 Å². The summed E-state index contributed by atoms with van der Waals surface area (Å²) in [6, 6.07) is 1.39. The number of hydrogen-bond acceptors (Lipinski definition) is 2. The number of aromatic nitrogens is 2. The summed E-state index contributed by atoms with van der Waals surface area (Å²) in [7, 11) is 0. The van der Waals surface area contributed by atoms with E-state index in [1.54, 1.807) is 6.20 Å². The van der Waals surface area contributed by atoms with Gasteiger partial charge in [-0.05, 0) is 13.0 Å². The molecule has 5 heteroatoms. The van der Waals surface area contributed by atoms with Gasteiger partial charge in [-0.1, -0.05) is 0 Å². The molecule has 0 saturated heterocycles. The van der Waals surface area contributed by atoms with Gasteiger partial charge in [0.2, 0.25) is 0 Å². The van der Waals surface area contributed by atoms with E-state index in [1.165, 1.54) is 10.7 Å². The topological polar surface area (TPSA) is 38.0 Å². The van der Waals surface area contributed by atoms with Crippen LogP contribution in [0, 0.1) is 0 Å². The van der Waals surface area contributed by atoms with E-state index >= 15 is 0 Å². The molecule has 0 aliphatic heterocycles. The predicted molar refractivity (Wildman–Crippen MR) is 38.9 cm³/mol. The molecular weight excluding hydrogens is 166 g/mol. The minimum Gasteiger partial charge on any atom is -0.381 e. The zero-order valence-corrected chi connectivity index (χ0v) is 6.61. The highest BCUT2D eigenvalue weighted by Crippen LogP contribution is 2.17. The highest BCUT2D eigenvalue weighted by atomic mass is 19.3. The summed E-state index contributed by atoms with van der Waals surface area (Å²) in [5.41, 5.74) is 0.0202. The lowest BCUT2D eigenvalue weighted by molar-refractivity contribution is -0.00852. The van der Waals surface area contributed by atoms with E-state index in [-0.39, 0.29) is 5.69 Å². The van der Waals surface area contributed by atoms with Gasteiger partial charge < -0.3 is 5.11 Å². The Hall–Kier alpha value is -0.970. The fraction of sp³-hybridized carbons (Fsp3) is 0.571. The molecule has 0 bridgehead atoms. The number of nitrogens with zero attached hydrogens (tertiary/aromatic N) is 2. The van der Waals surface area contributed by atoms with E-state index in [1.807, 2.05) is 6.92 Å². The smallest absolute Gasteiger partial charge is 0.269 e. The fourth-order valence-corrected chi connectivity index (χ4v) is 0.840. The monoisotopic (exact) mass is 176 g/mol. The van der Waals surface area contributed by atoms with Gasteiger partial charge in [0.25, 0.3) is 6.43 Å². The lowest BCUT2D eigenvalue weighted by atomic mass is 10.3. The van der Waals surface area contributed by atoms with Gasteiger partial charge in [-0.3, -0.25) is 4.68 Å². The van der Waals surface area contributed by atoms with Gasteiger partial charge in [-0.2, -0.15) is 5.10 Å². The van der Waals surface area contributed by atoms with Gasteiger partial charge >= 0.3 is 0 Å². The van der Waals surface area contributed by atoms with E-state index in [2.05, 4.69) is 5.10 Å². The second kappa shape index (κ2) is 3.62. The third-order valence-electron chi connectivity index (χ3n) is 1.53. The van der Waals surface area contributed by atoms with Gasteiger partial charge in [0.15, 0.2) is 6.10 Å². The van der Waals surface area contributed by atoms with Crippen molar-refractivity contribution in [3.8, 4) is 0 Å². The number of aryl methyl sites for hydroxylation is 1. The maximum absolute atomic E-state index is 11.9. The number of hydrogen-bond donors (Lipinski definition) is 1. The Bertz CT molecular complexity index is 249. The first kappa shape index (κ1) is 9.12. The molecule has 0 aliphatic rings. The summed E-state index contributed by atoms with van der Waals surface area (Å²) in [6.07, 6.45) is -2.98. The van der Waals surface area contributed by atoms with Crippen LogP contribution < -0.4 is 0 Å². The van der Waals surface area contributed by atoms with Gasteiger partial charge in [0, 0.05) is 12.7 Å². The van der Waals surface area contributed by atoms with Crippen molar-refractivity contribution in [3.63, 3.8) is 0 Å². The maximum atomic E-state index is 11.9. The molecule has 68 valence electrons. The molecule has 0 saturated carbocycles. The van der Waals surface area contributed by atoms with Gasteiger partial charge in [0.1, 0.15) is 0 Å². The number of rotatable bonds is 3. The molecule has 0 fully saturated rings. The minimum atomic E-state index is -2.77. The van der Waals surface area contributed by atoms with Crippen molar-refractivity contribution >= 4 is 0 Å². The number of aliphatic hydroxyl groups excluding tert-OH is 1. The standard InChI is InChI=1S/C7H10F2N2O/c1-2-11-4-3-5(10-11)6(12)7(8)9/h3-4,6-7,12H,2H2,1H3. The number of alkyl halides is 2. The molecule has 1 aromatic heterocycles. The average molecular weight is 176 g/mol. The van der Waals surface area contributed by atoms with E-state index in [9.17, 15) is 8.78 Å². The zero-order valence-electron chi connectivity index (χ0n) is 6.61. The van der Waals surface area contributed by atoms with Crippen molar-refractivity contribution in [1.29, 1.82) is 0 Å². The minimum absolute atomic E-state index is 0.0202. The van der Waals surface area contributed by atoms with Crippen LogP contribution in [0.5, 0.6) is 0 Å². The quantitative estimate of drug-likeness (QED) is 0.751. The first-order valence-electron chi connectivity index (χ1n) is 3.64. The molecule has 1 unspecified atom stereocenters. The number of aliphatic hydroxyl groups is 1.